The average Bonchev–Trinajstić information content (AvgIpc) is 2.89. The van der Waals surface area contributed by atoms with Gasteiger partial charge in [0, 0.05) is 4.88 Å². The van der Waals surface area contributed by atoms with Crippen molar-refractivity contribution >= 4 is 17.2 Å². The van der Waals surface area contributed by atoms with Crippen molar-refractivity contribution in [2.45, 2.75) is 20.4 Å². The highest BCUT2D eigenvalue weighted by atomic mass is 32.1. The molecule has 0 radical (unpaired) electrons. The molecular formula is C15H17NO2S. The summed E-state index contributed by atoms with van der Waals surface area (Å²) >= 11 is 1.63. The molecule has 0 aliphatic heterocycles. The number of carbonyl (C=O) groups excluding carboxylic acids is 1. The summed E-state index contributed by atoms with van der Waals surface area (Å²) in [6.07, 6.45) is 0. The molecule has 0 aliphatic rings. The van der Waals surface area contributed by atoms with E-state index in [9.17, 15) is 4.79 Å². The average molecular weight is 275 g/mol. The lowest BCUT2D eigenvalue weighted by atomic mass is 10.1. The van der Waals surface area contributed by atoms with Gasteiger partial charge in [0.05, 0.1) is 6.54 Å². The van der Waals surface area contributed by atoms with Crippen LogP contribution in [0, 0.1) is 13.8 Å². The fourth-order valence-corrected chi connectivity index (χ4v) is 2.46. The summed E-state index contributed by atoms with van der Waals surface area (Å²) in [5.74, 6) is 0.699. The minimum Gasteiger partial charge on any atom is -0.483 e. The molecule has 0 bridgehead atoms. The molecule has 0 atom stereocenters. The van der Waals surface area contributed by atoms with Crippen LogP contribution >= 0.6 is 11.3 Å². The Bertz CT molecular complexity index is 529. The van der Waals surface area contributed by atoms with Crippen molar-refractivity contribution in [2.75, 3.05) is 6.61 Å². The standard InChI is InChI=1S/C15H17NO2S/c1-11-5-3-6-12(2)15(11)18-10-14(17)16-9-13-7-4-8-19-13/h3-8H,9-10H2,1-2H3,(H,16,17). The van der Waals surface area contributed by atoms with Gasteiger partial charge in [-0.2, -0.15) is 0 Å². The Labute approximate surface area is 117 Å². The second-order valence-corrected chi connectivity index (χ2v) is 5.40. The van der Waals surface area contributed by atoms with Crippen LogP contribution in [0.15, 0.2) is 35.7 Å². The van der Waals surface area contributed by atoms with Crippen molar-refractivity contribution < 1.29 is 9.53 Å². The van der Waals surface area contributed by atoms with Crippen LogP contribution in [0.2, 0.25) is 0 Å². The van der Waals surface area contributed by atoms with Gasteiger partial charge in [0.1, 0.15) is 5.75 Å². The number of carbonyl (C=O) groups is 1. The molecule has 2 rings (SSSR count). The molecule has 2 aromatic rings. The van der Waals surface area contributed by atoms with Gasteiger partial charge < -0.3 is 10.1 Å². The molecule has 1 aromatic carbocycles. The van der Waals surface area contributed by atoms with Gasteiger partial charge in [-0.15, -0.1) is 11.3 Å². The van der Waals surface area contributed by atoms with E-state index in [2.05, 4.69) is 5.32 Å². The number of hydrogen-bond acceptors (Lipinski definition) is 3. The maximum atomic E-state index is 11.7. The highest BCUT2D eigenvalue weighted by Crippen LogP contribution is 2.22. The molecule has 0 unspecified atom stereocenters. The van der Waals surface area contributed by atoms with Gasteiger partial charge in [-0.25, -0.2) is 0 Å². The Morgan fingerprint density at radius 2 is 1.95 bits per heavy atom. The third-order valence-corrected chi connectivity index (χ3v) is 3.67. The molecule has 0 saturated heterocycles. The summed E-state index contributed by atoms with van der Waals surface area (Å²) in [5.41, 5.74) is 2.09. The second kappa shape index (κ2) is 6.38. The summed E-state index contributed by atoms with van der Waals surface area (Å²) in [5, 5.41) is 4.84. The first kappa shape index (κ1) is 13.6. The van der Waals surface area contributed by atoms with Crippen LogP contribution in [0.5, 0.6) is 5.75 Å². The third-order valence-electron chi connectivity index (χ3n) is 2.80. The predicted octanol–water partition coefficient (Wildman–Crippen LogP) is 3.06. The number of rotatable bonds is 5. The summed E-state index contributed by atoms with van der Waals surface area (Å²) in [7, 11) is 0. The number of hydrogen-bond donors (Lipinski definition) is 1. The number of nitrogens with one attached hydrogen (secondary N) is 1. The second-order valence-electron chi connectivity index (χ2n) is 4.37. The van der Waals surface area contributed by atoms with Crippen molar-refractivity contribution in [3.8, 4) is 5.75 Å². The lowest BCUT2D eigenvalue weighted by molar-refractivity contribution is -0.123. The van der Waals surface area contributed by atoms with Crippen molar-refractivity contribution in [1.82, 2.24) is 5.32 Å². The summed E-state index contributed by atoms with van der Waals surface area (Å²) in [4.78, 5) is 12.8. The van der Waals surface area contributed by atoms with Crippen LogP contribution in [-0.4, -0.2) is 12.5 Å². The van der Waals surface area contributed by atoms with Crippen LogP contribution in [0.1, 0.15) is 16.0 Å². The number of aryl methyl sites for hydroxylation is 2. The first-order chi connectivity index (χ1) is 9.16. The lowest BCUT2D eigenvalue weighted by Gasteiger charge is -2.11. The molecular weight excluding hydrogens is 258 g/mol. The van der Waals surface area contributed by atoms with Gasteiger partial charge in [-0.05, 0) is 36.4 Å². The molecule has 1 aromatic heterocycles. The fourth-order valence-electron chi connectivity index (χ4n) is 1.81. The van der Waals surface area contributed by atoms with E-state index in [1.54, 1.807) is 11.3 Å². The summed E-state index contributed by atoms with van der Waals surface area (Å²) in [6.45, 7) is 4.57. The van der Waals surface area contributed by atoms with E-state index in [0.29, 0.717) is 6.54 Å². The zero-order valence-electron chi connectivity index (χ0n) is 11.1. The Kier molecular flexibility index (Phi) is 4.58. The first-order valence-corrected chi connectivity index (χ1v) is 7.03. The van der Waals surface area contributed by atoms with Crippen LogP contribution < -0.4 is 10.1 Å². The van der Waals surface area contributed by atoms with Crippen LogP contribution in [0.25, 0.3) is 0 Å². The molecule has 0 spiro atoms. The lowest BCUT2D eigenvalue weighted by Crippen LogP contribution is -2.28. The molecule has 0 saturated carbocycles. The quantitative estimate of drug-likeness (QED) is 0.910. The van der Waals surface area contributed by atoms with Gasteiger partial charge in [-0.3, -0.25) is 4.79 Å². The summed E-state index contributed by atoms with van der Waals surface area (Å²) < 4.78 is 5.59. The highest BCUT2D eigenvalue weighted by Gasteiger charge is 2.07. The zero-order chi connectivity index (χ0) is 13.7. The Hall–Kier alpha value is -1.81. The Morgan fingerprint density at radius 1 is 1.21 bits per heavy atom. The minimum absolute atomic E-state index is 0.0526. The maximum absolute atomic E-state index is 11.7. The summed E-state index contributed by atoms with van der Waals surface area (Å²) in [6, 6.07) is 9.91. The number of benzene rings is 1. The highest BCUT2D eigenvalue weighted by molar-refractivity contribution is 7.09. The minimum atomic E-state index is -0.101. The van der Waals surface area contributed by atoms with Crippen molar-refractivity contribution in [3.05, 3.63) is 51.7 Å². The topological polar surface area (TPSA) is 38.3 Å². The van der Waals surface area contributed by atoms with Crippen LogP contribution in [-0.2, 0) is 11.3 Å². The molecule has 1 N–H and O–H groups in total. The molecule has 3 nitrogen and oxygen atoms in total. The predicted molar refractivity (Wildman–Crippen MR) is 77.6 cm³/mol. The van der Waals surface area contributed by atoms with E-state index in [1.807, 2.05) is 49.6 Å². The van der Waals surface area contributed by atoms with Crippen LogP contribution in [0.3, 0.4) is 0 Å². The number of amides is 1. The molecule has 1 amide bonds. The Balaban J connectivity index is 1.83. The van der Waals surface area contributed by atoms with Crippen molar-refractivity contribution in [1.29, 1.82) is 0 Å². The van der Waals surface area contributed by atoms with E-state index in [-0.39, 0.29) is 12.5 Å². The number of thiophene rings is 1. The van der Waals surface area contributed by atoms with Crippen molar-refractivity contribution in [3.63, 3.8) is 0 Å². The van der Waals surface area contributed by atoms with E-state index >= 15 is 0 Å². The molecule has 19 heavy (non-hydrogen) atoms. The smallest absolute Gasteiger partial charge is 0.258 e. The van der Waals surface area contributed by atoms with Gasteiger partial charge in [-0.1, -0.05) is 24.3 Å². The molecule has 4 heteroatoms. The first-order valence-electron chi connectivity index (χ1n) is 6.15. The van der Waals surface area contributed by atoms with Crippen molar-refractivity contribution in [2.24, 2.45) is 0 Å². The number of ether oxygens (including phenoxy) is 1. The molecule has 0 fully saturated rings. The van der Waals surface area contributed by atoms with E-state index < -0.39 is 0 Å². The third kappa shape index (κ3) is 3.83. The number of para-hydroxylation sites is 1. The zero-order valence-corrected chi connectivity index (χ0v) is 11.9. The monoisotopic (exact) mass is 275 g/mol. The maximum Gasteiger partial charge on any atom is 0.258 e. The van der Waals surface area contributed by atoms with Gasteiger partial charge in [0.25, 0.3) is 5.91 Å². The van der Waals surface area contributed by atoms with Gasteiger partial charge in [0.2, 0.25) is 0 Å². The van der Waals surface area contributed by atoms with E-state index in [1.165, 1.54) is 0 Å². The largest absolute Gasteiger partial charge is 0.483 e. The van der Waals surface area contributed by atoms with Gasteiger partial charge >= 0.3 is 0 Å². The normalized spacial score (nSPS) is 10.2. The van der Waals surface area contributed by atoms with Gasteiger partial charge in [0.15, 0.2) is 6.61 Å². The Morgan fingerprint density at radius 3 is 2.58 bits per heavy atom. The molecule has 1 heterocycles. The molecule has 100 valence electrons. The van der Waals surface area contributed by atoms with E-state index in [0.717, 1.165) is 21.8 Å². The fraction of sp³-hybridized carbons (Fsp3) is 0.267. The van der Waals surface area contributed by atoms with E-state index in [4.69, 9.17) is 4.74 Å². The molecule has 0 aliphatic carbocycles. The SMILES string of the molecule is Cc1cccc(C)c1OCC(=O)NCc1cccs1. The van der Waals surface area contributed by atoms with Crippen LogP contribution in [0.4, 0.5) is 0 Å².